The van der Waals surface area contributed by atoms with Gasteiger partial charge in [0.2, 0.25) is 0 Å². The summed E-state index contributed by atoms with van der Waals surface area (Å²) in [5.74, 6) is 0. The van der Waals surface area contributed by atoms with Crippen LogP contribution < -0.4 is 5.32 Å². The van der Waals surface area contributed by atoms with E-state index in [1.165, 1.54) is 19.4 Å². The molecule has 0 atom stereocenters. The zero-order chi connectivity index (χ0) is 7.83. The van der Waals surface area contributed by atoms with Crippen LogP contribution in [-0.4, -0.2) is 12.1 Å². The summed E-state index contributed by atoms with van der Waals surface area (Å²) in [6.07, 6.45) is 2.68. The Balaban J connectivity index is 0. The number of hydrogen-bond acceptors (Lipinski definition) is 1. The molecular formula is C9H21Cl2N. The Morgan fingerprint density at radius 1 is 1.00 bits per heavy atom. The van der Waals surface area contributed by atoms with Crippen LogP contribution in [0.5, 0.6) is 0 Å². The largest absolute Gasteiger partial charge is 0.311 e. The van der Waals surface area contributed by atoms with Crippen LogP contribution in [0, 0.1) is 5.41 Å². The molecule has 0 unspecified atom stereocenters. The molecule has 76 valence electrons. The molecule has 0 aromatic heterocycles. The van der Waals surface area contributed by atoms with Crippen LogP contribution in [0.25, 0.3) is 0 Å². The van der Waals surface area contributed by atoms with E-state index in [4.69, 9.17) is 0 Å². The van der Waals surface area contributed by atoms with Crippen molar-refractivity contribution in [1.29, 1.82) is 0 Å². The van der Waals surface area contributed by atoms with E-state index in [1.807, 2.05) is 0 Å². The summed E-state index contributed by atoms with van der Waals surface area (Å²) in [6.45, 7) is 10.5. The molecule has 0 saturated carbocycles. The Labute approximate surface area is 88.5 Å². The highest BCUT2D eigenvalue weighted by molar-refractivity contribution is 5.85. The van der Waals surface area contributed by atoms with Crippen LogP contribution in [-0.2, 0) is 0 Å². The van der Waals surface area contributed by atoms with E-state index in [0.717, 1.165) is 0 Å². The van der Waals surface area contributed by atoms with E-state index < -0.39 is 0 Å². The Bertz CT molecular complexity index is 116. The summed E-state index contributed by atoms with van der Waals surface area (Å²) in [5.41, 5.74) is 0.788. The minimum absolute atomic E-state index is 0. The number of nitrogens with one attached hydrogen (secondary N) is 1. The average molecular weight is 214 g/mol. The van der Waals surface area contributed by atoms with Crippen molar-refractivity contribution in [2.75, 3.05) is 6.54 Å². The summed E-state index contributed by atoms with van der Waals surface area (Å²) >= 11 is 0. The van der Waals surface area contributed by atoms with Crippen LogP contribution in [0.1, 0.15) is 40.5 Å². The molecule has 0 spiro atoms. The maximum Gasteiger partial charge on any atom is 0.0176 e. The third-order valence-electron chi connectivity index (χ3n) is 3.24. The third kappa shape index (κ3) is 2.79. The van der Waals surface area contributed by atoms with Gasteiger partial charge in [0, 0.05) is 5.54 Å². The van der Waals surface area contributed by atoms with E-state index >= 15 is 0 Å². The van der Waals surface area contributed by atoms with Crippen LogP contribution in [0.3, 0.4) is 0 Å². The average Bonchev–Trinajstić information content (AvgIpc) is 1.77. The van der Waals surface area contributed by atoms with Crippen molar-refractivity contribution < 1.29 is 0 Å². The zero-order valence-corrected chi connectivity index (χ0v) is 10.1. The van der Waals surface area contributed by atoms with E-state index in [9.17, 15) is 0 Å². The molecule has 0 aliphatic carbocycles. The Kier molecular flexibility index (Phi) is 5.87. The predicted molar refractivity (Wildman–Crippen MR) is 59.6 cm³/mol. The molecule has 0 aromatic rings. The Morgan fingerprint density at radius 3 is 1.75 bits per heavy atom. The molecule has 1 fully saturated rings. The minimum atomic E-state index is 0. The van der Waals surface area contributed by atoms with Gasteiger partial charge in [-0.25, -0.2) is 0 Å². The fourth-order valence-electron chi connectivity index (χ4n) is 1.48. The molecule has 0 radical (unpaired) electrons. The van der Waals surface area contributed by atoms with Crippen LogP contribution in [0.15, 0.2) is 0 Å². The van der Waals surface area contributed by atoms with E-state index in [-0.39, 0.29) is 24.8 Å². The van der Waals surface area contributed by atoms with Gasteiger partial charge in [0.1, 0.15) is 0 Å². The molecule has 1 rings (SSSR count). The summed E-state index contributed by atoms with van der Waals surface area (Å²) in [6, 6.07) is 0. The van der Waals surface area contributed by atoms with Crippen molar-refractivity contribution in [2.45, 2.75) is 46.1 Å². The zero-order valence-electron chi connectivity index (χ0n) is 8.44. The fraction of sp³-hybridized carbons (Fsp3) is 1.00. The highest BCUT2D eigenvalue weighted by Crippen LogP contribution is 2.37. The smallest absolute Gasteiger partial charge is 0.0176 e. The van der Waals surface area contributed by atoms with E-state index in [1.54, 1.807) is 0 Å². The van der Waals surface area contributed by atoms with Gasteiger partial charge in [0.15, 0.2) is 0 Å². The van der Waals surface area contributed by atoms with E-state index in [2.05, 4.69) is 33.0 Å². The monoisotopic (exact) mass is 213 g/mol. The lowest BCUT2D eigenvalue weighted by molar-refractivity contribution is 0.106. The predicted octanol–water partition coefficient (Wildman–Crippen LogP) is 3.02. The molecule has 1 N–H and O–H groups in total. The van der Waals surface area contributed by atoms with Crippen molar-refractivity contribution in [3.63, 3.8) is 0 Å². The first kappa shape index (κ1) is 15.0. The number of rotatable bonds is 0. The second-order valence-corrected chi connectivity index (χ2v) is 4.54. The lowest BCUT2D eigenvalue weighted by Crippen LogP contribution is -2.54. The van der Waals surface area contributed by atoms with Gasteiger partial charge in [-0.15, -0.1) is 24.8 Å². The third-order valence-corrected chi connectivity index (χ3v) is 3.24. The quantitative estimate of drug-likeness (QED) is 0.653. The van der Waals surface area contributed by atoms with Crippen molar-refractivity contribution in [1.82, 2.24) is 5.32 Å². The second-order valence-electron chi connectivity index (χ2n) is 4.54. The molecule has 0 aromatic carbocycles. The van der Waals surface area contributed by atoms with E-state index in [0.29, 0.717) is 11.0 Å². The van der Waals surface area contributed by atoms with Crippen molar-refractivity contribution in [2.24, 2.45) is 5.41 Å². The first-order valence-corrected chi connectivity index (χ1v) is 4.21. The normalized spacial score (nSPS) is 25.0. The molecule has 1 aliphatic rings. The molecule has 1 aliphatic heterocycles. The minimum Gasteiger partial charge on any atom is -0.311 e. The molecule has 1 nitrogen and oxygen atoms in total. The van der Waals surface area contributed by atoms with Gasteiger partial charge in [0.25, 0.3) is 0 Å². The summed E-state index contributed by atoms with van der Waals surface area (Å²) in [4.78, 5) is 0. The highest BCUT2D eigenvalue weighted by Gasteiger charge is 2.38. The molecular weight excluding hydrogens is 193 g/mol. The SMILES string of the molecule is CC1(C)CCCNC1(C)C.Cl.Cl. The molecule has 0 bridgehead atoms. The van der Waals surface area contributed by atoms with Crippen molar-refractivity contribution >= 4 is 24.8 Å². The van der Waals surface area contributed by atoms with Gasteiger partial charge in [-0.2, -0.15) is 0 Å². The summed E-state index contributed by atoms with van der Waals surface area (Å²) in [5, 5.41) is 3.55. The molecule has 3 heteroatoms. The topological polar surface area (TPSA) is 12.0 Å². The summed E-state index contributed by atoms with van der Waals surface area (Å²) in [7, 11) is 0. The lowest BCUT2D eigenvalue weighted by atomic mass is 9.69. The lowest BCUT2D eigenvalue weighted by Gasteiger charge is -2.46. The standard InChI is InChI=1S/C9H19N.2ClH/c1-8(2)6-5-7-10-9(8,3)4;;/h10H,5-7H2,1-4H3;2*1H. The first-order valence-electron chi connectivity index (χ1n) is 4.21. The first-order chi connectivity index (χ1) is 4.46. The van der Waals surface area contributed by atoms with Crippen LogP contribution in [0.2, 0.25) is 0 Å². The fourth-order valence-corrected chi connectivity index (χ4v) is 1.48. The Hall–Kier alpha value is 0.540. The van der Waals surface area contributed by atoms with Gasteiger partial charge >= 0.3 is 0 Å². The van der Waals surface area contributed by atoms with Crippen molar-refractivity contribution in [3.05, 3.63) is 0 Å². The number of piperidine rings is 1. The molecule has 1 heterocycles. The van der Waals surface area contributed by atoms with Gasteiger partial charge in [-0.3, -0.25) is 0 Å². The molecule has 1 saturated heterocycles. The second kappa shape index (κ2) is 4.69. The maximum atomic E-state index is 3.55. The number of hydrogen-bond donors (Lipinski definition) is 1. The van der Waals surface area contributed by atoms with Gasteiger partial charge < -0.3 is 5.32 Å². The maximum absolute atomic E-state index is 3.55. The van der Waals surface area contributed by atoms with Gasteiger partial charge in [0.05, 0.1) is 0 Å². The molecule has 12 heavy (non-hydrogen) atoms. The highest BCUT2D eigenvalue weighted by atomic mass is 35.5. The molecule has 0 amide bonds. The number of halogens is 2. The van der Waals surface area contributed by atoms with Crippen LogP contribution >= 0.6 is 24.8 Å². The van der Waals surface area contributed by atoms with Gasteiger partial charge in [-0.05, 0) is 38.6 Å². The summed E-state index contributed by atoms with van der Waals surface area (Å²) < 4.78 is 0. The van der Waals surface area contributed by atoms with Crippen molar-refractivity contribution in [3.8, 4) is 0 Å². The van der Waals surface area contributed by atoms with Gasteiger partial charge in [-0.1, -0.05) is 13.8 Å². The van der Waals surface area contributed by atoms with Crippen LogP contribution in [0.4, 0.5) is 0 Å². The Morgan fingerprint density at radius 2 is 1.50 bits per heavy atom.